The van der Waals surface area contributed by atoms with E-state index in [0.29, 0.717) is 23.3 Å². The van der Waals surface area contributed by atoms with Gasteiger partial charge in [-0.2, -0.15) is 0 Å². The highest BCUT2D eigenvalue weighted by atomic mass is 16.6. The van der Waals surface area contributed by atoms with Gasteiger partial charge in [-0.15, -0.1) is 0 Å². The van der Waals surface area contributed by atoms with E-state index in [1.807, 2.05) is 0 Å². The van der Waals surface area contributed by atoms with Crippen molar-refractivity contribution in [2.45, 2.75) is 83.5 Å². The van der Waals surface area contributed by atoms with Crippen molar-refractivity contribution in [3.05, 3.63) is 47.5 Å². The van der Waals surface area contributed by atoms with E-state index in [-0.39, 0.29) is 16.9 Å². The Morgan fingerprint density at radius 2 is 1.84 bits per heavy atom. The van der Waals surface area contributed by atoms with Gasteiger partial charge in [0.1, 0.15) is 6.10 Å². The van der Waals surface area contributed by atoms with Crippen molar-refractivity contribution in [3.63, 3.8) is 0 Å². The van der Waals surface area contributed by atoms with Crippen LogP contribution in [0.4, 0.5) is 0 Å². The molecule has 4 aliphatic carbocycles. The minimum absolute atomic E-state index is 0.0746. The number of aliphatic hydroxyl groups is 2. The lowest BCUT2D eigenvalue weighted by Crippen LogP contribution is -2.51. The van der Waals surface area contributed by atoms with E-state index in [1.165, 1.54) is 5.57 Å². The molecule has 0 bridgehead atoms. The molecular weight excluding hydrogens is 484 g/mol. The standard InChI is InChI=1S/C30H40N2O6/c1-29-14-12-20(16-19(29)8-9-21-22-10-11-24(33)30(22,2)15-13-23(21)29)32-38-17-25(34)31-26(28(36)37)27(35)18-6-4-3-5-7-18/h3-7,16,21-24,26-27,33,35H,8-15,17H2,1-2H3,(H,31,34)(H,36,37)/b32-20-/t21-,22-,23-,24-,26+,27+,29-,30-/m0/s1. The molecule has 38 heavy (non-hydrogen) atoms. The molecule has 4 aliphatic rings. The molecule has 0 unspecified atom stereocenters. The molecule has 0 heterocycles. The Kier molecular flexibility index (Phi) is 7.40. The Labute approximate surface area is 224 Å². The number of nitrogens with one attached hydrogen (secondary N) is 1. The first-order chi connectivity index (χ1) is 18.1. The molecule has 1 aromatic rings. The second-order valence-corrected chi connectivity index (χ2v) is 12.2. The van der Waals surface area contributed by atoms with Gasteiger partial charge in [-0.1, -0.05) is 54.9 Å². The van der Waals surface area contributed by atoms with Crippen molar-refractivity contribution in [1.29, 1.82) is 0 Å². The summed E-state index contributed by atoms with van der Waals surface area (Å²) in [6, 6.07) is 6.87. The van der Waals surface area contributed by atoms with Crippen LogP contribution in [0.5, 0.6) is 0 Å². The summed E-state index contributed by atoms with van der Waals surface area (Å²) in [7, 11) is 0. The topological polar surface area (TPSA) is 128 Å². The van der Waals surface area contributed by atoms with Gasteiger partial charge in [0.25, 0.3) is 5.91 Å². The maximum Gasteiger partial charge on any atom is 0.329 e. The summed E-state index contributed by atoms with van der Waals surface area (Å²) in [5, 5.41) is 37.2. The summed E-state index contributed by atoms with van der Waals surface area (Å²) < 4.78 is 0. The molecular formula is C30H40N2O6. The number of carboxylic acids is 1. The number of rotatable bonds is 7. The van der Waals surface area contributed by atoms with Gasteiger partial charge >= 0.3 is 5.97 Å². The third kappa shape index (κ3) is 4.77. The monoisotopic (exact) mass is 524 g/mol. The van der Waals surface area contributed by atoms with E-state index in [4.69, 9.17) is 4.84 Å². The number of carbonyl (C=O) groups excluding carboxylic acids is 1. The fourth-order valence-electron chi connectivity index (χ4n) is 8.12. The number of carbonyl (C=O) groups is 2. The molecule has 0 radical (unpaired) electrons. The number of oxime groups is 1. The number of amides is 1. The minimum Gasteiger partial charge on any atom is -0.480 e. The van der Waals surface area contributed by atoms with Crippen molar-refractivity contribution in [3.8, 4) is 0 Å². The predicted octanol–water partition coefficient (Wildman–Crippen LogP) is 3.99. The molecule has 8 heteroatoms. The number of aliphatic hydroxyl groups excluding tert-OH is 2. The minimum atomic E-state index is -1.49. The zero-order valence-corrected chi connectivity index (χ0v) is 22.3. The van der Waals surface area contributed by atoms with Crippen LogP contribution in [0.1, 0.15) is 76.9 Å². The Balaban J connectivity index is 1.19. The molecule has 0 saturated heterocycles. The average Bonchev–Trinajstić information content (AvgIpc) is 3.21. The maximum atomic E-state index is 12.4. The zero-order chi connectivity index (χ0) is 27.1. The van der Waals surface area contributed by atoms with Crippen LogP contribution in [0, 0.1) is 28.6 Å². The van der Waals surface area contributed by atoms with Crippen LogP contribution in [0.15, 0.2) is 47.1 Å². The molecule has 0 aliphatic heterocycles. The van der Waals surface area contributed by atoms with E-state index >= 15 is 0 Å². The number of nitrogens with zero attached hydrogens (tertiary/aromatic N) is 1. The Morgan fingerprint density at radius 3 is 2.58 bits per heavy atom. The fraction of sp³-hybridized carbons (Fsp3) is 0.633. The van der Waals surface area contributed by atoms with Crippen molar-refractivity contribution in [2.24, 2.45) is 33.7 Å². The van der Waals surface area contributed by atoms with Gasteiger partial charge in [0.05, 0.1) is 11.8 Å². The number of hydrogen-bond donors (Lipinski definition) is 4. The number of allylic oxidation sites excluding steroid dienone is 2. The first kappa shape index (κ1) is 26.9. The average molecular weight is 525 g/mol. The molecule has 8 atom stereocenters. The molecule has 1 amide bonds. The second-order valence-electron chi connectivity index (χ2n) is 12.2. The van der Waals surface area contributed by atoms with Crippen LogP contribution in [-0.2, 0) is 14.4 Å². The highest BCUT2D eigenvalue weighted by Crippen LogP contribution is 2.65. The van der Waals surface area contributed by atoms with Crippen LogP contribution >= 0.6 is 0 Å². The second kappa shape index (κ2) is 10.5. The molecule has 0 spiro atoms. The molecule has 8 nitrogen and oxygen atoms in total. The fourth-order valence-corrected chi connectivity index (χ4v) is 8.12. The lowest BCUT2D eigenvalue weighted by molar-refractivity contribution is -0.146. The Hall–Kier alpha value is -2.71. The quantitative estimate of drug-likeness (QED) is 0.400. The summed E-state index contributed by atoms with van der Waals surface area (Å²) in [4.78, 5) is 29.4. The van der Waals surface area contributed by atoms with E-state index in [0.717, 1.165) is 57.1 Å². The summed E-state index contributed by atoms with van der Waals surface area (Å²) in [6.07, 6.45) is 8.86. The van der Waals surface area contributed by atoms with Gasteiger partial charge in [-0.3, -0.25) is 4.79 Å². The van der Waals surface area contributed by atoms with Crippen LogP contribution in [0.2, 0.25) is 0 Å². The normalized spacial score (nSPS) is 36.7. The summed E-state index contributed by atoms with van der Waals surface area (Å²) in [5.41, 5.74) is 2.83. The highest BCUT2D eigenvalue weighted by Gasteiger charge is 2.58. The molecule has 1 aromatic carbocycles. The van der Waals surface area contributed by atoms with Crippen molar-refractivity contribution < 1.29 is 29.7 Å². The Morgan fingerprint density at radius 1 is 1.08 bits per heavy atom. The molecule has 206 valence electrons. The lowest BCUT2D eigenvalue weighted by Gasteiger charge is -2.57. The number of benzene rings is 1. The number of aliphatic carboxylic acids is 1. The number of carboxylic acid groups (broad SMARTS) is 1. The highest BCUT2D eigenvalue weighted by molar-refractivity contribution is 5.96. The van der Waals surface area contributed by atoms with Gasteiger partial charge in [-0.25, -0.2) is 4.79 Å². The van der Waals surface area contributed by atoms with Crippen LogP contribution in [0.3, 0.4) is 0 Å². The lowest BCUT2D eigenvalue weighted by atomic mass is 9.47. The molecule has 3 fully saturated rings. The smallest absolute Gasteiger partial charge is 0.329 e. The van der Waals surface area contributed by atoms with Crippen molar-refractivity contribution >= 4 is 17.6 Å². The van der Waals surface area contributed by atoms with Gasteiger partial charge in [0.2, 0.25) is 0 Å². The molecule has 4 N–H and O–H groups in total. The first-order valence-electron chi connectivity index (χ1n) is 14.0. The van der Waals surface area contributed by atoms with Crippen LogP contribution < -0.4 is 5.32 Å². The summed E-state index contributed by atoms with van der Waals surface area (Å²) in [6.45, 7) is 4.28. The SMILES string of the molecule is C[C@]12CC[C@H]3[C@@H](CCC4=C/C(=N\OCC(=O)N[C@@H](C(=O)O)[C@H](O)c5ccccc5)CC[C@@]43C)[C@@H]1CC[C@@H]2O. The summed E-state index contributed by atoms with van der Waals surface area (Å²) >= 11 is 0. The van der Waals surface area contributed by atoms with E-state index < -0.39 is 30.6 Å². The maximum absolute atomic E-state index is 12.4. The molecule has 3 saturated carbocycles. The number of fused-ring (bicyclic) bond motifs is 5. The van der Waals surface area contributed by atoms with E-state index in [2.05, 4.69) is 30.4 Å². The van der Waals surface area contributed by atoms with Crippen LogP contribution in [0.25, 0.3) is 0 Å². The van der Waals surface area contributed by atoms with Crippen molar-refractivity contribution in [2.75, 3.05) is 6.61 Å². The largest absolute Gasteiger partial charge is 0.480 e. The molecule has 0 aromatic heterocycles. The zero-order valence-electron chi connectivity index (χ0n) is 22.3. The van der Waals surface area contributed by atoms with Crippen molar-refractivity contribution in [1.82, 2.24) is 5.32 Å². The van der Waals surface area contributed by atoms with Gasteiger partial charge in [0.15, 0.2) is 12.6 Å². The number of hydrogen-bond acceptors (Lipinski definition) is 6. The van der Waals surface area contributed by atoms with Gasteiger partial charge < -0.3 is 25.5 Å². The van der Waals surface area contributed by atoms with Crippen LogP contribution in [-0.4, -0.2) is 51.7 Å². The van der Waals surface area contributed by atoms with Gasteiger partial charge in [-0.05, 0) is 91.6 Å². The summed E-state index contributed by atoms with van der Waals surface area (Å²) in [5.74, 6) is -0.0813. The Bertz CT molecular complexity index is 1120. The predicted molar refractivity (Wildman–Crippen MR) is 142 cm³/mol. The first-order valence-corrected chi connectivity index (χ1v) is 14.0. The van der Waals surface area contributed by atoms with E-state index in [9.17, 15) is 24.9 Å². The molecule has 5 rings (SSSR count). The van der Waals surface area contributed by atoms with E-state index in [1.54, 1.807) is 30.3 Å². The van der Waals surface area contributed by atoms with Gasteiger partial charge in [0, 0.05) is 0 Å². The third-order valence-corrected chi connectivity index (χ3v) is 10.3. The third-order valence-electron chi connectivity index (χ3n) is 10.3.